The van der Waals surface area contributed by atoms with Crippen LogP contribution in [0, 0.1) is 5.41 Å². The zero-order valence-electron chi connectivity index (χ0n) is 15.1. The van der Waals surface area contributed by atoms with Gasteiger partial charge in [-0.2, -0.15) is 0 Å². The van der Waals surface area contributed by atoms with Crippen LogP contribution < -0.4 is 0 Å². The van der Waals surface area contributed by atoms with Crippen LogP contribution in [0.1, 0.15) is 38.3 Å². The fraction of sp³-hybridized carbons (Fsp3) is 0.238. The summed E-state index contributed by atoms with van der Waals surface area (Å²) in [4.78, 5) is 23.7. The monoisotopic (exact) mass is 350 g/mol. The van der Waals surface area contributed by atoms with E-state index in [9.17, 15) is 14.7 Å². The summed E-state index contributed by atoms with van der Waals surface area (Å²) in [5.41, 5.74) is 1.27. The molecular weight excluding hydrogens is 328 g/mol. The first-order valence-electron chi connectivity index (χ1n) is 8.31. The van der Waals surface area contributed by atoms with Crippen molar-refractivity contribution in [3.63, 3.8) is 0 Å². The number of benzene rings is 2. The number of Topliss-reactive ketones (excluding diaryl/α,β-unsaturated/α-hetero) is 1. The molecule has 0 aliphatic rings. The van der Waals surface area contributed by atoms with Gasteiger partial charge in [0.25, 0.3) is 0 Å². The maximum atomic E-state index is 12.2. The summed E-state index contributed by atoms with van der Waals surface area (Å²) in [5, 5.41) is 17.5. The lowest BCUT2D eigenvalue weighted by Crippen LogP contribution is -2.26. The van der Waals surface area contributed by atoms with Crippen molar-refractivity contribution in [1.29, 1.82) is 0 Å². The Kier molecular flexibility index (Phi) is 6.17. The number of hydrogen-bond acceptors (Lipinski definition) is 4. The number of carbonyl (C=O) groups is 2. The molecule has 0 amide bonds. The molecule has 2 aromatic rings. The van der Waals surface area contributed by atoms with Crippen molar-refractivity contribution in [2.75, 3.05) is 0 Å². The summed E-state index contributed by atoms with van der Waals surface area (Å²) in [5.74, 6) is -1.44. The fourth-order valence-corrected chi connectivity index (χ4v) is 2.16. The lowest BCUT2D eigenvalue weighted by atomic mass is 9.88. The molecule has 0 spiro atoms. The van der Waals surface area contributed by atoms with Crippen LogP contribution in [0.4, 0.5) is 0 Å². The molecule has 1 N–H and O–H groups in total. The first-order chi connectivity index (χ1) is 12.3. The van der Waals surface area contributed by atoms with E-state index in [4.69, 9.17) is 0 Å². The molecular formula is C21H22N2O3. The largest absolute Gasteiger partial charge is 0.477 e. The Labute approximate surface area is 153 Å². The minimum Gasteiger partial charge on any atom is -0.477 e. The van der Waals surface area contributed by atoms with Gasteiger partial charge in [-0.1, -0.05) is 81.4 Å². The molecule has 0 fully saturated rings. The average molecular weight is 350 g/mol. The van der Waals surface area contributed by atoms with Gasteiger partial charge in [0.15, 0.2) is 5.71 Å². The van der Waals surface area contributed by atoms with E-state index in [1.165, 1.54) is 0 Å². The van der Waals surface area contributed by atoms with Gasteiger partial charge < -0.3 is 5.11 Å². The summed E-state index contributed by atoms with van der Waals surface area (Å²) in [6.45, 7) is 5.24. The van der Waals surface area contributed by atoms with Crippen LogP contribution in [0.5, 0.6) is 0 Å². The van der Waals surface area contributed by atoms with Crippen molar-refractivity contribution < 1.29 is 14.7 Å². The average Bonchev–Trinajstić information content (AvgIpc) is 2.61. The number of carboxylic acids is 1. The predicted molar refractivity (Wildman–Crippen MR) is 103 cm³/mol. The van der Waals surface area contributed by atoms with Gasteiger partial charge in [-0.05, 0) is 0 Å². The van der Waals surface area contributed by atoms with E-state index in [-0.39, 0.29) is 17.9 Å². The third-order valence-electron chi connectivity index (χ3n) is 3.78. The topological polar surface area (TPSA) is 79.1 Å². The van der Waals surface area contributed by atoms with Gasteiger partial charge in [0.1, 0.15) is 11.5 Å². The van der Waals surface area contributed by atoms with E-state index in [1.54, 1.807) is 20.8 Å². The Balaban J connectivity index is 2.46. The van der Waals surface area contributed by atoms with Gasteiger partial charge in [0, 0.05) is 16.5 Å². The first-order valence-corrected chi connectivity index (χ1v) is 8.31. The highest BCUT2D eigenvalue weighted by Gasteiger charge is 2.25. The normalized spacial score (nSPS) is 11.7. The lowest BCUT2D eigenvalue weighted by Gasteiger charge is -2.15. The Morgan fingerprint density at radius 1 is 0.846 bits per heavy atom. The van der Waals surface area contributed by atoms with E-state index in [0.29, 0.717) is 5.71 Å². The van der Waals surface area contributed by atoms with Crippen molar-refractivity contribution in [3.8, 4) is 0 Å². The fourth-order valence-electron chi connectivity index (χ4n) is 2.16. The minimum absolute atomic E-state index is 0.199. The smallest absolute Gasteiger partial charge is 0.352 e. The van der Waals surface area contributed by atoms with Crippen molar-refractivity contribution in [2.45, 2.75) is 27.2 Å². The Morgan fingerprint density at radius 2 is 1.31 bits per heavy atom. The highest BCUT2D eigenvalue weighted by Crippen LogP contribution is 2.17. The van der Waals surface area contributed by atoms with Crippen molar-refractivity contribution in [3.05, 3.63) is 71.8 Å². The number of carbonyl (C=O) groups excluding carboxylic acids is 1. The highest BCUT2D eigenvalue weighted by atomic mass is 16.4. The van der Waals surface area contributed by atoms with Crippen LogP contribution >= 0.6 is 0 Å². The second kappa shape index (κ2) is 8.34. The van der Waals surface area contributed by atoms with Gasteiger partial charge >= 0.3 is 5.97 Å². The van der Waals surface area contributed by atoms with E-state index in [0.717, 1.165) is 11.1 Å². The molecule has 5 heteroatoms. The first kappa shape index (κ1) is 19.2. The highest BCUT2D eigenvalue weighted by molar-refractivity contribution is 6.39. The standard InChI is InChI=1S/C21H22N2O3/c1-21(2,3)18(24)14-17(20(25)26)22-23-19(15-10-6-4-7-11-15)16-12-8-5-9-13-16/h4-13H,14H2,1-3H3,(H,25,26). The lowest BCUT2D eigenvalue weighted by molar-refractivity contribution is -0.131. The molecule has 0 saturated heterocycles. The number of ketones is 1. The molecule has 0 bridgehead atoms. The minimum atomic E-state index is -1.24. The van der Waals surface area contributed by atoms with E-state index >= 15 is 0 Å². The number of hydrogen-bond donors (Lipinski definition) is 1. The van der Waals surface area contributed by atoms with Crippen LogP contribution in [0.3, 0.4) is 0 Å². The molecule has 134 valence electrons. The maximum absolute atomic E-state index is 12.2. The van der Waals surface area contributed by atoms with Crippen LogP contribution in [0.15, 0.2) is 70.9 Å². The second-order valence-corrected chi connectivity index (χ2v) is 6.88. The molecule has 0 saturated carbocycles. The molecule has 2 rings (SSSR count). The summed E-state index contributed by atoms with van der Waals surface area (Å²) in [6, 6.07) is 18.8. The Hall–Kier alpha value is -3.08. The summed E-state index contributed by atoms with van der Waals surface area (Å²) in [7, 11) is 0. The number of aliphatic carboxylic acids is 1. The van der Waals surface area contributed by atoms with E-state index in [1.807, 2.05) is 60.7 Å². The molecule has 26 heavy (non-hydrogen) atoms. The molecule has 0 aliphatic heterocycles. The zero-order valence-corrected chi connectivity index (χ0v) is 15.1. The molecule has 0 atom stereocenters. The number of rotatable bonds is 6. The van der Waals surface area contributed by atoms with Crippen LogP contribution in [0.25, 0.3) is 0 Å². The van der Waals surface area contributed by atoms with E-state index < -0.39 is 11.4 Å². The van der Waals surface area contributed by atoms with Crippen molar-refractivity contribution >= 4 is 23.2 Å². The zero-order chi connectivity index (χ0) is 19.2. The number of carboxylic acid groups (broad SMARTS) is 1. The SMILES string of the molecule is CC(C)(C)C(=O)CC(=NN=C(c1ccccc1)c1ccccc1)C(=O)O. The van der Waals surface area contributed by atoms with Crippen LogP contribution in [-0.2, 0) is 9.59 Å². The summed E-state index contributed by atoms with van der Waals surface area (Å²) in [6.07, 6.45) is -0.265. The van der Waals surface area contributed by atoms with Gasteiger partial charge in [0.2, 0.25) is 0 Å². The van der Waals surface area contributed by atoms with Gasteiger partial charge in [0.05, 0.1) is 6.42 Å². The Morgan fingerprint density at radius 3 is 1.69 bits per heavy atom. The Bertz CT molecular complexity index is 791. The molecule has 2 aromatic carbocycles. The van der Waals surface area contributed by atoms with Crippen molar-refractivity contribution in [1.82, 2.24) is 0 Å². The third kappa shape index (κ3) is 5.21. The predicted octanol–water partition coefficient (Wildman–Crippen LogP) is 3.97. The molecule has 5 nitrogen and oxygen atoms in total. The quantitative estimate of drug-likeness (QED) is 0.632. The molecule has 0 aliphatic carbocycles. The third-order valence-corrected chi connectivity index (χ3v) is 3.78. The molecule has 0 heterocycles. The number of nitrogens with zero attached hydrogens (tertiary/aromatic N) is 2. The molecule has 0 aromatic heterocycles. The van der Waals surface area contributed by atoms with Gasteiger partial charge in [-0.3, -0.25) is 4.79 Å². The molecule has 0 unspecified atom stereocenters. The second-order valence-electron chi connectivity index (χ2n) is 6.88. The van der Waals surface area contributed by atoms with Crippen LogP contribution in [0.2, 0.25) is 0 Å². The van der Waals surface area contributed by atoms with Crippen molar-refractivity contribution in [2.24, 2.45) is 15.6 Å². The molecule has 0 radical (unpaired) electrons. The van der Waals surface area contributed by atoms with Gasteiger partial charge in [-0.15, -0.1) is 10.2 Å². The summed E-state index contributed by atoms with van der Waals surface area (Å²) < 4.78 is 0. The maximum Gasteiger partial charge on any atom is 0.352 e. The van der Waals surface area contributed by atoms with E-state index in [2.05, 4.69) is 10.2 Å². The van der Waals surface area contributed by atoms with Crippen LogP contribution in [-0.4, -0.2) is 28.3 Å². The summed E-state index contributed by atoms with van der Waals surface area (Å²) >= 11 is 0. The van der Waals surface area contributed by atoms with Gasteiger partial charge in [-0.25, -0.2) is 4.79 Å².